The summed E-state index contributed by atoms with van der Waals surface area (Å²) in [6, 6.07) is 7.64. The topological polar surface area (TPSA) is 91.4 Å². The third kappa shape index (κ3) is 2.74. The molecule has 2 aromatic rings. The smallest absolute Gasteiger partial charge is 0.337 e. The van der Waals surface area contributed by atoms with Gasteiger partial charge in [-0.3, -0.25) is 4.79 Å². The van der Waals surface area contributed by atoms with Crippen LogP contribution < -0.4 is 10.1 Å². The highest BCUT2D eigenvalue weighted by Crippen LogP contribution is 2.23. The Hall–Kier alpha value is -2.76. The number of anilines is 1. The summed E-state index contributed by atoms with van der Waals surface area (Å²) in [7, 11) is 1.46. The van der Waals surface area contributed by atoms with Gasteiger partial charge in [0.05, 0.1) is 18.4 Å². The van der Waals surface area contributed by atoms with Gasteiger partial charge in [-0.1, -0.05) is 0 Å². The summed E-state index contributed by atoms with van der Waals surface area (Å²) in [5, 5.41) is 11.6. The second-order valence-electron chi connectivity index (χ2n) is 3.75. The Kier molecular flexibility index (Phi) is 3.51. The predicted octanol–water partition coefficient (Wildman–Crippen LogP) is 1.97. The quantitative estimate of drug-likeness (QED) is 0.783. The van der Waals surface area contributed by atoms with Crippen molar-refractivity contribution in [1.29, 1.82) is 0 Å². The molecule has 0 fully saturated rings. The Labute approximate surface area is 109 Å². The number of rotatable bonds is 4. The number of ether oxygens (including phenoxy) is 1. The molecule has 0 aliphatic heterocycles. The first-order chi connectivity index (χ1) is 9.11. The molecule has 0 unspecified atom stereocenters. The van der Waals surface area contributed by atoms with Crippen molar-refractivity contribution >= 4 is 17.6 Å². The highest BCUT2D eigenvalue weighted by molar-refractivity contribution is 6.07. The number of benzene rings is 1. The molecule has 0 spiro atoms. The SMILES string of the molecule is COc1ccc(C(=O)O)c(NC(=O)c2ccc[nH]2)c1. The first-order valence-electron chi connectivity index (χ1n) is 5.48. The van der Waals surface area contributed by atoms with Crippen molar-refractivity contribution in [2.75, 3.05) is 12.4 Å². The highest BCUT2D eigenvalue weighted by atomic mass is 16.5. The number of carbonyl (C=O) groups excluding carboxylic acids is 1. The first-order valence-corrected chi connectivity index (χ1v) is 5.48. The number of carboxylic acids is 1. The number of H-pyrrole nitrogens is 1. The average molecular weight is 260 g/mol. The maximum atomic E-state index is 11.9. The van der Waals surface area contributed by atoms with Crippen molar-refractivity contribution in [3.05, 3.63) is 47.8 Å². The number of hydrogen-bond acceptors (Lipinski definition) is 3. The number of aromatic carboxylic acids is 1. The summed E-state index contributed by atoms with van der Waals surface area (Å²) >= 11 is 0. The molecule has 0 atom stereocenters. The van der Waals surface area contributed by atoms with E-state index in [-0.39, 0.29) is 11.3 Å². The van der Waals surface area contributed by atoms with E-state index >= 15 is 0 Å². The maximum absolute atomic E-state index is 11.9. The second-order valence-corrected chi connectivity index (χ2v) is 3.75. The minimum absolute atomic E-state index is 0.000654. The maximum Gasteiger partial charge on any atom is 0.337 e. The normalized spacial score (nSPS) is 9.95. The molecule has 1 aromatic carbocycles. The zero-order valence-electron chi connectivity index (χ0n) is 10.1. The Balaban J connectivity index is 2.32. The van der Waals surface area contributed by atoms with Crippen molar-refractivity contribution in [2.24, 2.45) is 0 Å². The lowest BCUT2D eigenvalue weighted by atomic mass is 10.1. The monoisotopic (exact) mass is 260 g/mol. The van der Waals surface area contributed by atoms with Crippen molar-refractivity contribution in [3.8, 4) is 5.75 Å². The Morgan fingerprint density at radius 3 is 2.68 bits per heavy atom. The number of amides is 1. The van der Waals surface area contributed by atoms with Gasteiger partial charge in [0.15, 0.2) is 0 Å². The summed E-state index contributed by atoms with van der Waals surface area (Å²) < 4.78 is 5.01. The van der Waals surface area contributed by atoms with Gasteiger partial charge in [0, 0.05) is 12.3 Å². The summed E-state index contributed by atoms with van der Waals surface area (Å²) in [5.41, 5.74) is 0.534. The number of carbonyl (C=O) groups is 2. The van der Waals surface area contributed by atoms with Gasteiger partial charge in [-0.2, -0.15) is 0 Å². The Bertz CT molecular complexity index is 605. The van der Waals surface area contributed by atoms with Gasteiger partial charge in [-0.05, 0) is 24.3 Å². The van der Waals surface area contributed by atoms with Crippen LogP contribution in [-0.4, -0.2) is 29.1 Å². The Morgan fingerprint density at radius 1 is 1.32 bits per heavy atom. The van der Waals surface area contributed by atoms with E-state index in [9.17, 15) is 9.59 Å². The molecule has 0 saturated heterocycles. The minimum atomic E-state index is -1.12. The van der Waals surface area contributed by atoms with E-state index in [0.717, 1.165) is 0 Å². The van der Waals surface area contributed by atoms with Gasteiger partial charge in [0.2, 0.25) is 0 Å². The summed E-state index contributed by atoms with van der Waals surface area (Å²) in [4.78, 5) is 25.7. The van der Waals surface area contributed by atoms with Crippen LogP contribution in [0.4, 0.5) is 5.69 Å². The molecule has 0 bridgehead atoms. The van der Waals surface area contributed by atoms with Crippen LogP contribution in [-0.2, 0) is 0 Å². The first kappa shape index (κ1) is 12.7. The van der Waals surface area contributed by atoms with Gasteiger partial charge in [-0.25, -0.2) is 4.79 Å². The molecular weight excluding hydrogens is 248 g/mol. The Morgan fingerprint density at radius 2 is 2.11 bits per heavy atom. The van der Waals surface area contributed by atoms with Gasteiger partial charge in [0.25, 0.3) is 5.91 Å². The van der Waals surface area contributed by atoms with E-state index in [4.69, 9.17) is 9.84 Å². The van der Waals surface area contributed by atoms with Gasteiger partial charge in [-0.15, -0.1) is 0 Å². The fourth-order valence-electron chi connectivity index (χ4n) is 1.60. The predicted molar refractivity (Wildman–Crippen MR) is 68.7 cm³/mol. The van der Waals surface area contributed by atoms with E-state index in [1.54, 1.807) is 18.3 Å². The molecule has 98 valence electrons. The molecule has 6 heteroatoms. The van der Waals surface area contributed by atoms with Crippen molar-refractivity contribution in [2.45, 2.75) is 0 Å². The van der Waals surface area contributed by atoms with Gasteiger partial charge in [0.1, 0.15) is 11.4 Å². The lowest BCUT2D eigenvalue weighted by Crippen LogP contribution is -2.15. The molecular formula is C13H12N2O4. The number of nitrogens with one attached hydrogen (secondary N) is 2. The number of methoxy groups -OCH3 is 1. The molecule has 1 aromatic heterocycles. The van der Waals surface area contributed by atoms with Crippen molar-refractivity contribution in [3.63, 3.8) is 0 Å². The summed E-state index contributed by atoms with van der Waals surface area (Å²) in [6.45, 7) is 0. The van der Waals surface area contributed by atoms with Gasteiger partial charge < -0.3 is 20.1 Å². The molecule has 19 heavy (non-hydrogen) atoms. The lowest BCUT2D eigenvalue weighted by molar-refractivity contribution is 0.0698. The minimum Gasteiger partial charge on any atom is -0.497 e. The highest BCUT2D eigenvalue weighted by Gasteiger charge is 2.14. The van der Waals surface area contributed by atoms with Crippen LogP contribution in [0.1, 0.15) is 20.8 Å². The molecule has 2 rings (SSSR count). The van der Waals surface area contributed by atoms with E-state index in [0.29, 0.717) is 11.4 Å². The zero-order valence-corrected chi connectivity index (χ0v) is 10.1. The van der Waals surface area contributed by atoms with Crippen LogP contribution in [0.5, 0.6) is 5.75 Å². The molecule has 0 aliphatic rings. The average Bonchev–Trinajstić information content (AvgIpc) is 2.92. The third-order valence-electron chi connectivity index (χ3n) is 2.55. The molecule has 0 radical (unpaired) electrons. The molecule has 0 aliphatic carbocycles. The third-order valence-corrected chi connectivity index (χ3v) is 2.55. The number of hydrogen-bond donors (Lipinski definition) is 3. The molecule has 1 heterocycles. The fraction of sp³-hybridized carbons (Fsp3) is 0.0769. The van der Waals surface area contributed by atoms with E-state index < -0.39 is 11.9 Å². The van der Waals surface area contributed by atoms with Crippen LogP contribution in [0.25, 0.3) is 0 Å². The van der Waals surface area contributed by atoms with Gasteiger partial charge >= 0.3 is 5.97 Å². The zero-order chi connectivity index (χ0) is 13.8. The van der Waals surface area contributed by atoms with Crippen LogP contribution in [0, 0.1) is 0 Å². The number of carboxylic acid groups (broad SMARTS) is 1. The largest absolute Gasteiger partial charge is 0.497 e. The summed E-state index contributed by atoms with van der Waals surface area (Å²) in [5.74, 6) is -1.07. The number of aromatic nitrogens is 1. The van der Waals surface area contributed by atoms with Crippen molar-refractivity contribution < 1.29 is 19.4 Å². The molecule has 0 saturated carbocycles. The van der Waals surface area contributed by atoms with Crippen LogP contribution in [0.3, 0.4) is 0 Å². The second kappa shape index (κ2) is 5.26. The van der Waals surface area contributed by atoms with Crippen LogP contribution >= 0.6 is 0 Å². The standard InChI is InChI=1S/C13H12N2O4/c1-19-8-4-5-9(13(17)18)11(7-8)15-12(16)10-3-2-6-14-10/h2-7,14H,1H3,(H,15,16)(H,17,18). The van der Waals surface area contributed by atoms with E-state index in [1.807, 2.05) is 0 Å². The molecule has 1 amide bonds. The van der Waals surface area contributed by atoms with E-state index in [1.165, 1.54) is 25.3 Å². The van der Waals surface area contributed by atoms with Crippen LogP contribution in [0.15, 0.2) is 36.5 Å². The van der Waals surface area contributed by atoms with Crippen molar-refractivity contribution in [1.82, 2.24) is 4.98 Å². The molecule has 3 N–H and O–H groups in total. The fourth-order valence-corrected chi connectivity index (χ4v) is 1.60. The van der Waals surface area contributed by atoms with Crippen LogP contribution in [0.2, 0.25) is 0 Å². The summed E-state index contributed by atoms with van der Waals surface area (Å²) in [6.07, 6.45) is 1.61. The lowest BCUT2D eigenvalue weighted by Gasteiger charge is -2.09. The number of aromatic amines is 1. The van der Waals surface area contributed by atoms with E-state index in [2.05, 4.69) is 10.3 Å². The molecule has 6 nitrogen and oxygen atoms in total.